The third-order valence-electron chi connectivity index (χ3n) is 5.75. The molecule has 160 valence electrons. The first-order chi connectivity index (χ1) is 14.0. The summed E-state index contributed by atoms with van der Waals surface area (Å²) in [6.45, 7) is 2.07. The fourth-order valence-electron chi connectivity index (χ4n) is 3.89. The quantitative estimate of drug-likeness (QED) is 0.119. The van der Waals surface area contributed by atoms with Crippen molar-refractivity contribution in [3.05, 3.63) is 36.2 Å². The van der Waals surface area contributed by atoms with Gasteiger partial charge in [-0.05, 0) is 56.6 Å². The molecular formula is C20H30FKN6O2. The van der Waals surface area contributed by atoms with Crippen LogP contribution in [0, 0.1) is 5.95 Å². The fraction of sp³-hybridized carbons (Fsp3) is 0.600. The van der Waals surface area contributed by atoms with Crippen molar-refractivity contribution in [2.24, 2.45) is 16.5 Å². The Morgan fingerprint density at radius 3 is 2.60 bits per heavy atom. The van der Waals surface area contributed by atoms with Gasteiger partial charge in [0, 0.05) is 49.6 Å². The van der Waals surface area contributed by atoms with Gasteiger partial charge in [0.2, 0.25) is 5.95 Å². The molecule has 0 amide bonds. The first-order valence-electron chi connectivity index (χ1n) is 10.1. The van der Waals surface area contributed by atoms with Crippen molar-refractivity contribution in [2.45, 2.75) is 56.1 Å². The maximum Gasteiger partial charge on any atom is 1.00 e. The SMILES string of the molecule is NCC1(N/C=C(/[O-])C(N)=Nc2ccnc(F)c2)CCC(NC2CCOCC2)CC1.[K+]. The van der Waals surface area contributed by atoms with Crippen LogP contribution in [0.2, 0.25) is 0 Å². The molecule has 3 rings (SSSR count). The minimum Gasteiger partial charge on any atom is -0.869 e. The van der Waals surface area contributed by atoms with Gasteiger partial charge in [-0.3, -0.25) is 0 Å². The van der Waals surface area contributed by atoms with Crippen molar-refractivity contribution in [3.63, 3.8) is 0 Å². The summed E-state index contributed by atoms with van der Waals surface area (Å²) in [7, 11) is 0. The minimum absolute atomic E-state index is 0. The normalized spacial score (nSPS) is 26.1. The van der Waals surface area contributed by atoms with E-state index in [-0.39, 0.29) is 68.4 Å². The van der Waals surface area contributed by atoms with Crippen molar-refractivity contribution in [3.8, 4) is 0 Å². The van der Waals surface area contributed by atoms with Crippen molar-refractivity contribution >= 4 is 11.5 Å². The van der Waals surface area contributed by atoms with Gasteiger partial charge in [-0.1, -0.05) is 0 Å². The average molecular weight is 445 g/mol. The van der Waals surface area contributed by atoms with Crippen molar-refractivity contribution in [1.29, 1.82) is 0 Å². The zero-order valence-corrected chi connectivity index (χ0v) is 20.7. The number of nitrogens with two attached hydrogens (primary N) is 2. The monoisotopic (exact) mass is 444 g/mol. The number of aromatic nitrogens is 1. The molecule has 10 heteroatoms. The summed E-state index contributed by atoms with van der Waals surface area (Å²) in [4.78, 5) is 7.40. The number of rotatable bonds is 7. The van der Waals surface area contributed by atoms with Gasteiger partial charge >= 0.3 is 51.4 Å². The summed E-state index contributed by atoms with van der Waals surface area (Å²) in [6.07, 6.45) is 8.41. The number of amidine groups is 1. The van der Waals surface area contributed by atoms with Gasteiger partial charge in [0.1, 0.15) is 5.84 Å². The molecule has 2 fully saturated rings. The van der Waals surface area contributed by atoms with Crippen molar-refractivity contribution in [1.82, 2.24) is 15.6 Å². The minimum atomic E-state index is -0.679. The predicted octanol–water partition coefficient (Wildman–Crippen LogP) is -2.59. The number of halogens is 1. The largest absolute Gasteiger partial charge is 1.00 e. The van der Waals surface area contributed by atoms with Gasteiger partial charge in [0.15, 0.2) is 0 Å². The summed E-state index contributed by atoms with van der Waals surface area (Å²) in [6, 6.07) is 3.57. The van der Waals surface area contributed by atoms with Crippen LogP contribution >= 0.6 is 0 Å². The van der Waals surface area contributed by atoms with Crippen LogP contribution < -0.4 is 78.6 Å². The molecule has 1 aliphatic heterocycles. The van der Waals surface area contributed by atoms with E-state index in [1.54, 1.807) is 0 Å². The second-order valence-electron chi connectivity index (χ2n) is 7.80. The topological polar surface area (TPSA) is 134 Å². The number of nitrogens with zero attached hydrogens (tertiary/aromatic N) is 2. The Bertz CT molecular complexity index is 734. The Morgan fingerprint density at radius 2 is 1.97 bits per heavy atom. The van der Waals surface area contributed by atoms with E-state index in [1.165, 1.54) is 18.5 Å². The van der Waals surface area contributed by atoms with E-state index in [4.69, 9.17) is 16.2 Å². The van der Waals surface area contributed by atoms with Crippen LogP contribution in [-0.2, 0) is 4.74 Å². The van der Waals surface area contributed by atoms with Crippen LogP contribution in [0.4, 0.5) is 10.1 Å². The number of hydrogen-bond acceptors (Lipinski definition) is 7. The molecule has 0 radical (unpaired) electrons. The second-order valence-corrected chi connectivity index (χ2v) is 7.80. The number of ether oxygens (including phenoxy) is 1. The molecule has 0 spiro atoms. The predicted molar refractivity (Wildman–Crippen MR) is 108 cm³/mol. The fourth-order valence-corrected chi connectivity index (χ4v) is 3.89. The van der Waals surface area contributed by atoms with Gasteiger partial charge in [-0.2, -0.15) is 4.39 Å². The Hall–Kier alpha value is -0.594. The zero-order chi connectivity index (χ0) is 20.7. The third kappa shape index (κ3) is 7.52. The van der Waals surface area contributed by atoms with Gasteiger partial charge < -0.3 is 31.9 Å². The van der Waals surface area contributed by atoms with Crippen LogP contribution in [-0.4, -0.2) is 48.2 Å². The maximum absolute atomic E-state index is 13.1. The van der Waals surface area contributed by atoms with Gasteiger partial charge in [0.05, 0.1) is 5.69 Å². The Morgan fingerprint density at radius 1 is 1.30 bits per heavy atom. The van der Waals surface area contributed by atoms with Gasteiger partial charge in [-0.15, -0.1) is 0 Å². The number of pyridine rings is 1. The molecule has 0 atom stereocenters. The van der Waals surface area contributed by atoms with Crippen LogP contribution in [0.5, 0.6) is 0 Å². The molecule has 1 saturated carbocycles. The molecule has 0 aromatic carbocycles. The summed E-state index contributed by atoms with van der Waals surface area (Å²) in [5.74, 6) is -1.36. The number of hydrogen-bond donors (Lipinski definition) is 4. The van der Waals surface area contributed by atoms with E-state index in [0.717, 1.165) is 57.8 Å². The molecule has 8 nitrogen and oxygen atoms in total. The van der Waals surface area contributed by atoms with E-state index in [2.05, 4.69) is 20.6 Å². The van der Waals surface area contributed by atoms with E-state index >= 15 is 0 Å². The molecular weight excluding hydrogens is 414 g/mol. The zero-order valence-electron chi connectivity index (χ0n) is 17.6. The molecule has 2 aliphatic rings. The molecule has 0 unspecified atom stereocenters. The first-order valence-corrected chi connectivity index (χ1v) is 10.1. The number of aliphatic imine (C=N–C) groups is 1. The van der Waals surface area contributed by atoms with Gasteiger partial charge in [-0.25, -0.2) is 9.98 Å². The molecule has 1 aromatic rings. The maximum atomic E-state index is 13.1. The van der Waals surface area contributed by atoms with Crippen LogP contribution in [0.1, 0.15) is 38.5 Å². The molecule has 1 saturated heterocycles. The molecule has 30 heavy (non-hydrogen) atoms. The van der Waals surface area contributed by atoms with Crippen LogP contribution in [0.25, 0.3) is 0 Å². The Labute approximate surface area is 219 Å². The smallest absolute Gasteiger partial charge is 0.869 e. The molecule has 0 bridgehead atoms. The number of nitrogens with one attached hydrogen (secondary N) is 2. The van der Waals surface area contributed by atoms with E-state index in [1.807, 2.05) is 0 Å². The van der Waals surface area contributed by atoms with Crippen LogP contribution in [0.15, 0.2) is 35.3 Å². The third-order valence-corrected chi connectivity index (χ3v) is 5.75. The molecule has 6 N–H and O–H groups in total. The Kier molecular flexibility index (Phi) is 10.6. The van der Waals surface area contributed by atoms with E-state index in [9.17, 15) is 9.50 Å². The van der Waals surface area contributed by atoms with Crippen LogP contribution in [0.3, 0.4) is 0 Å². The molecule has 1 aliphatic carbocycles. The standard InChI is InChI=1S/C20H31FN6O2.K/c21-18-11-16(3-8-24-18)27-19(23)17(28)12-25-20(13-22)6-1-14(2-7-20)26-15-4-9-29-10-5-15;/h3,8,11-12,14-15,25-26,28H,1-2,4-7,9-10,13,22H2,(H2,23,24,27);/q;+1/p-1/b17-12+;. The van der Waals surface area contributed by atoms with Gasteiger partial charge in [0.25, 0.3) is 0 Å². The Balaban J connectivity index is 0.00000320. The summed E-state index contributed by atoms with van der Waals surface area (Å²) >= 11 is 0. The van der Waals surface area contributed by atoms with Crippen molar-refractivity contribution < 1.29 is 65.6 Å². The second kappa shape index (κ2) is 12.4. The van der Waals surface area contributed by atoms with Crippen molar-refractivity contribution in [2.75, 3.05) is 19.8 Å². The summed E-state index contributed by atoms with van der Waals surface area (Å²) in [5.41, 5.74) is 11.7. The first kappa shape index (κ1) is 25.7. The summed E-state index contributed by atoms with van der Waals surface area (Å²) < 4.78 is 18.5. The molecule has 2 heterocycles. The van der Waals surface area contributed by atoms with E-state index < -0.39 is 11.7 Å². The van der Waals surface area contributed by atoms with E-state index in [0.29, 0.717) is 18.6 Å². The average Bonchev–Trinajstić information content (AvgIpc) is 2.74. The molecule has 1 aromatic heterocycles. The summed E-state index contributed by atoms with van der Waals surface area (Å²) in [5, 5.41) is 19.2.